The van der Waals surface area contributed by atoms with E-state index in [1.165, 1.54) is 0 Å². The fraction of sp³-hybridized carbons (Fsp3) is 0.333. The fourth-order valence-electron chi connectivity index (χ4n) is 1.32. The molecule has 2 nitrogen and oxygen atoms in total. The van der Waals surface area contributed by atoms with Crippen LogP contribution in [0.3, 0.4) is 0 Å². The first-order valence-corrected chi connectivity index (χ1v) is 8.23. The molecule has 1 atom stereocenters. The van der Waals surface area contributed by atoms with Crippen molar-refractivity contribution in [3.05, 3.63) is 42.5 Å². The molecule has 1 rings (SSSR count). The van der Waals surface area contributed by atoms with Crippen molar-refractivity contribution in [2.24, 2.45) is 5.73 Å². The third-order valence-corrected chi connectivity index (χ3v) is 4.04. The smallest absolute Gasteiger partial charge is 0.119 e. The molecule has 0 saturated carbocycles. The Hall–Kier alpha value is -1.06. The van der Waals surface area contributed by atoms with Gasteiger partial charge in [0.05, 0.1) is 8.80 Å². The molecular weight excluding hydrogens is 202 g/mol. The minimum atomic E-state index is -0.840. The fourth-order valence-corrected chi connectivity index (χ4v) is 2.29. The first-order valence-electron chi connectivity index (χ1n) is 5.25. The molecule has 3 heteroatoms. The summed E-state index contributed by atoms with van der Waals surface area (Å²) in [6.45, 7) is 8.88. The van der Waals surface area contributed by atoms with Crippen LogP contribution >= 0.6 is 0 Å². The van der Waals surface area contributed by atoms with Crippen LogP contribution in [0.25, 0.3) is 0 Å². The van der Waals surface area contributed by atoms with Gasteiger partial charge in [0, 0.05) is 6.54 Å². The second-order valence-electron chi connectivity index (χ2n) is 3.91. The van der Waals surface area contributed by atoms with Gasteiger partial charge in [-0.3, -0.25) is 0 Å². The monoisotopic (exact) mass is 221 g/mol. The van der Waals surface area contributed by atoms with Gasteiger partial charge in [-0.15, -0.1) is 0 Å². The zero-order chi connectivity index (χ0) is 11.3. The maximum atomic E-state index is 5.83. The summed E-state index contributed by atoms with van der Waals surface area (Å²) in [5.74, 6) is 0.901. The van der Waals surface area contributed by atoms with Crippen LogP contribution in [0, 0.1) is 0 Å². The van der Waals surface area contributed by atoms with Crippen LogP contribution in [0.5, 0.6) is 5.75 Å². The van der Waals surface area contributed by atoms with Gasteiger partial charge in [-0.05, 0) is 17.7 Å². The molecule has 15 heavy (non-hydrogen) atoms. The molecule has 0 bridgehead atoms. The van der Waals surface area contributed by atoms with E-state index in [0.717, 1.165) is 11.3 Å². The standard InChI is InChI=1S/C12H19NOSi/c1-4-12(15(2)3)14-11-7-5-10(9-13)6-8-11/h4-8,12,15H,1,9,13H2,2-3H3. The molecule has 1 unspecified atom stereocenters. The Balaban J connectivity index is 2.67. The quantitative estimate of drug-likeness (QED) is 0.610. The van der Waals surface area contributed by atoms with Gasteiger partial charge in [0.25, 0.3) is 0 Å². The van der Waals surface area contributed by atoms with Crippen LogP contribution < -0.4 is 10.5 Å². The first-order chi connectivity index (χ1) is 7.17. The second-order valence-corrected chi connectivity index (χ2v) is 7.06. The molecule has 0 amide bonds. The summed E-state index contributed by atoms with van der Waals surface area (Å²) in [6, 6.07) is 7.93. The predicted molar refractivity (Wildman–Crippen MR) is 67.8 cm³/mol. The third kappa shape index (κ3) is 3.53. The van der Waals surface area contributed by atoms with Crippen LogP contribution in [-0.2, 0) is 6.54 Å². The molecule has 0 fully saturated rings. The van der Waals surface area contributed by atoms with Crippen molar-refractivity contribution in [3.8, 4) is 5.75 Å². The highest BCUT2D eigenvalue weighted by atomic mass is 28.3. The van der Waals surface area contributed by atoms with E-state index in [2.05, 4.69) is 19.7 Å². The molecule has 0 aliphatic rings. The van der Waals surface area contributed by atoms with Crippen molar-refractivity contribution in [2.75, 3.05) is 0 Å². The lowest BCUT2D eigenvalue weighted by atomic mass is 10.2. The van der Waals surface area contributed by atoms with Gasteiger partial charge in [0.1, 0.15) is 11.5 Å². The van der Waals surface area contributed by atoms with E-state index in [4.69, 9.17) is 10.5 Å². The van der Waals surface area contributed by atoms with Crippen molar-refractivity contribution in [2.45, 2.75) is 25.4 Å². The lowest BCUT2D eigenvalue weighted by molar-refractivity contribution is 0.319. The van der Waals surface area contributed by atoms with E-state index < -0.39 is 8.80 Å². The maximum Gasteiger partial charge on any atom is 0.119 e. The highest BCUT2D eigenvalue weighted by Gasteiger charge is 2.11. The molecule has 0 radical (unpaired) electrons. The lowest BCUT2D eigenvalue weighted by Gasteiger charge is -2.18. The summed E-state index contributed by atoms with van der Waals surface area (Å²) in [4.78, 5) is 0. The van der Waals surface area contributed by atoms with Gasteiger partial charge < -0.3 is 10.5 Å². The van der Waals surface area contributed by atoms with Crippen LogP contribution in [0.4, 0.5) is 0 Å². The molecule has 1 aromatic rings. The van der Waals surface area contributed by atoms with Gasteiger partial charge in [-0.2, -0.15) is 0 Å². The zero-order valence-corrected chi connectivity index (χ0v) is 10.6. The summed E-state index contributed by atoms with van der Waals surface area (Å²) >= 11 is 0. The SMILES string of the molecule is C=CC(Oc1ccc(CN)cc1)[SiH](C)C. The van der Waals surface area contributed by atoms with Crippen molar-refractivity contribution in [1.82, 2.24) is 0 Å². The first kappa shape index (κ1) is 12.0. The number of hydrogen-bond acceptors (Lipinski definition) is 2. The molecule has 0 heterocycles. The topological polar surface area (TPSA) is 35.2 Å². The Morgan fingerprint density at radius 3 is 2.40 bits per heavy atom. The lowest BCUT2D eigenvalue weighted by Crippen LogP contribution is -2.28. The number of hydrogen-bond donors (Lipinski definition) is 1. The molecule has 0 aromatic heterocycles. The van der Waals surface area contributed by atoms with E-state index >= 15 is 0 Å². The third-order valence-electron chi connectivity index (χ3n) is 2.32. The molecule has 2 N–H and O–H groups in total. The average Bonchev–Trinajstić information content (AvgIpc) is 2.26. The Morgan fingerprint density at radius 2 is 2.00 bits per heavy atom. The normalized spacial score (nSPS) is 12.5. The molecule has 0 saturated heterocycles. The van der Waals surface area contributed by atoms with Gasteiger partial charge in [0.15, 0.2) is 0 Å². The van der Waals surface area contributed by atoms with Crippen LogP contribution in [0.1, 0.15) is 5.56 Å². The second kappa shape index (κ2) is 5.73. The van der Waals surface area contributed by atoms with Crippen LogP contribution in [0.15, 0.2) is 36.9 Å². The number of rotatable bonds is 5. The van der Waals surface area contributed by atoms with Crippen LogP contribution in [-0.4, -0.2) is 14.5 Å². The molecular formula is C12H19NOSi. The van der Waals surface area contributed by atoms with E-state index in [0.29, 0.717) is 6.54 Å². The van der Waals surface area contributed by atoms with Crippen LogP contribution in [0.2, 0.25) is 13.1 Å². The zero-order valence-electron chi connectivity index (χ0n) is 9.44. The summed E-state index contributed by atoms with van der Waals surface area (Å²) in [5, 5.41) is 0. The Labute approximate surface area is 93.4 Å². The Bertz CT molecular complexity index is 308. The van der Waals surface area contributed by atoms with Gasteiger partial charge >= 0.3 is 0 Å². The summed E-state index contributed by atoms with van der Waals surface area (Å²) < 4.78 is 5.83. The van der Waals surface area contributed by atoms with E-state index in [-0.39, 0.29) is 5.73 Å². The van der Waals surface area contributed by atoms with Gasteiger partial charge in [-0.1, -0.05) is 37.9 Å². The summed E-state index contributed by atoms with van der Waals surface area (Å²) in [6.07, 6.45) is 1.90. The molecule has 1 aromatic carbocycles. The van der Waals surface area contributed by atoms with Crippen molar-refractivity contribution < 1.29 is 4.74 Å². The molecule has 0 aliphatic heterocycles. The van der Waals surface area contributed by atoms with Gasteiger partial charge in [-0.25, -0.2) is 0 Å². The van der Waals surface area contributed by atoms with E-state index in [1.807, 2.05) is 30.3 Å². The van der Waals surface area contributed by atoms with Crippen molar-refractivity contribution >= 4 is 8.80 Å². The maximum absolute atomic E-state index is 5.83. The number of benzene rings is 1. The minimum Gasteiger partial charge on any atom is -0.491 e. The highest BCUT2D eigenvalue weighted by Crippen LogP contribution is 2.15. The highest BCUT2D eigenvalue weighted by molar-refractivity contribution is 6.57. The van der Waals surface area contributed by atoms with Crippen molar-refractivity contribution in [3.63, 3.8) is 0 Å². The van der Waals surface area contributed by atoms with E-state index in [1.54, 1.807) is 0 Å². The number of nitrogens with two attached hydrogens (primary N) is 1. The Morgan fingerprint density at radius 1 is 1.40 bits per heavy atom. The predicted octanol–water partition coefficient (Wildman–Crippen LogP) is 2.10. The number of ether oxygens (including phenoxy) is 1. The summed E-state index contributed by atoms with van der Waals surface area (Å²) in [7, 11) is -0.840. The molecule has 0 aliphatic carbocycles. The average molecular weight is 221 g/mol. The van der Waals surface area contributed by atoms with Crippen molar-refractivity contribution in [1.29, 1.82) is 0 Å². The minimum absolute atomic E-state index is 0.203. The Kier molecular flexibility index (Phi) is 4.59. The van der Waals surface area contributed by atoms with Gasteiger partial charge in [0.2, 0.25) is 0 Å². The molecule has 0 spiro atoms. The molecule has 82 valence electrons. The largest absolute Gasteiger partial charge is 0.491 e. The summed E-state index contributed by atoms with van der Waals surface area (Å²) in [5.41, 5.74) is 6.85. The van der Waals surface area contributed by atoms with E-state index in [9.17, 15) is 0 Å².